The van der Waals surface area contributed by atoms with Gasteiger partial charge in [0.15, 0.2) is 0 Å². The maximum absolute atomic E-state index is 12.9. The molecule has 0 saturated carbocycles. The predicted octanol–water partition coefficient (Wildman–Crippen LogP) is 4.92. The van der Waals surface area contributed by atoms with Crippen molar-refractivity contribution in [3.8, 4) is 5.75 Å². The molecule has 0 saturated heterocycles. The highest BCUT2D eigenvalue weighted by Gasteiger charge is 2.31. The Labute approximate surface area is 173 Å². The normalized spacial score (nSPS) is 11.2. The SMILES string of the molecule is O=C(O)CCCCN(CCCc1ccccc1)C(=O)c1cccc(OC(F)(F)F)c1. The van der Waals surface area contributed by atoms with Crippen molar-refractivity contribution in [2.75, 3.05) is 13.1 Å². The molecule has 0 fully saturated rings. The van der Waals surface area contributed by atoms with Crippen LogP contribution in [0.4, 0.5) is 13.2 Å². The maximum atomic E-state index is 12.9. The standard InChI is InChI=1S/C22H24F3NO4/c23-22(24,25)30-19-12-6-11-18(16-19)21(29)26(14-5-4-13-20(27)28)15-7-10-17-8-2-1-3-9-17/h1-3,6,8-9,11-12,16H,4-5,7,10,13-15H2,(H,27,28). The number of aryl methyl sites for hydroxylation is 1. The van der Waals surface area contributed by atoms with Gasteiger partial charge in [-0.3, -0.25) is 9.59 Å². The van der Waals surface area contributed by atoms with Crippen molar-refractivity contribution in [1.82, 2.24) is 4.90 Å². The van der Waals surface area contributed by atoms with Crippen LogP contribution >= 0.6 is 0 Å². The van der Waals surface area contributed by atoms with Crippen LogP contribution in [-0.4, -0.2) is 41.3 Å². The van der Waals surface area contributed by atoms with Crippen LogP contribution in [0.2, 0.25) is 0 Å². The molecule has 2 aromatic rings. The zero-order valence-corrected chi connectivity index (χ0v) is 16.4. The van der Waals surface area contributed by atoms with E-state index in [-0.39, 0.29) is 12.0 Å². The van der Waals surface area contributed by atoms with Crippen LogP contribution in [0.25, 0.3) is 0 Å². The van der Waals surface area contributed by atoms with Gasteiger partial charge in [0.1, 0.15) is 5.75 Å². The molecule has 162 valence electrons. The van der Waals surface area contributed by atoms with Gasteiger partial charge < -0.3 is 14.7 Å². The molecule has 1 amide bonds. The van der Waals surface area contributed by atoms with Crippen molar-refractivity contribution in [3.63, 3.8) is 0 Å². The van der Waals surface area contributed by atoms with Gasteiger partial charge in [0.05, 0.1) is 0 Å². The molecule has 5 nitrogen and oxygen atoms in total. The fourth-order valence-corrected chi connectivity index (χ4v) is 3.02. The van der Waals surface area contributed by atoms with E-state index in [0.29, 0.717) is 32.4 Å². The summed E-state index contributed by atoms with van der Waals surface area (Å²) in [6.45, 7) is 0.733. The third kappa shape index (κ3) is 8.55. The van der Waals surface area contributed by atoms with Gasteiger partial charge in [-0.1, -0.05) is 36.4 Å². The largest absolute Gasteiger partial charge is 0.573 e. The topological polar surface area (TPSA) is 66.8 Å². The predicted molar refractivity (Wildman–Crippen MR) is 105 cm³/mol. The molecule has 0 aliphatic carbocycles. The highest BCUT2D eigenvalue weighted by Crippen LogP contribution is 2.24. The molecule has 0 spiro atoms. The molecule has 0 aliphatic rings. The molecule has 30 heavy (non-hydrogen) atoms. The summed E-state index contributed by atoms with van der Waals surface area (Å²) in [4.78, 5) is 25.2. The van der Waals surface area contributed by atoms with E-state index < -0.39 is 24.0 Å². The molecule has 0 heterocycles. The van der Waals surface area contributed by atoms with Crippen molar-refractivity contribution in [2.45, 2.75) is 38.5 Å². The summed E-state index contributed by atoms with van der Waals surface area (Å²) >= 11 is 0. The van der Waals surface area contributed by atoms with Gasteiger partial charge >= 0.3 is 12.3 Å². The van der Waals surface area contributed by atoms with Crippen LogP contribution in [0.3, 0.4) is 0 Å². The molecular formula is C22H24F3NO4. The van der Waals surface area contributed by atoms with Crippen molar-refractivity contribution < 1.29 is 32.6 Å². The van der Waals surface area contributed by atoms with Gasteiger partial charge in [-0.25, -0.2) is 0 Å². The molecule has 0 atom stereocenters. The number of ether oxygens (including phenoxy) is 1. The van der Waals surface area contributed by atoms with Crippen molar-refractivity contribution in [1.29, 1.82) is 0 Å². The fraction of sp³-hybridized carbons (Fsp3) is 0.364. The lowest BCUT2D eigenvalue weighted by Gasteiger charge is -2.23. The number of carboxylic acids is 1. The van der Waals surface area contributed by atoms with Gasteiger partial charge in [-0.15, -0.1) is 13.2 Å². The Morgan fingerprint density at radius 2 is 1.63 bits per heavy atom. The number of unbranched alkanes of at least 4 members (excludes halogenated alkanes) is 1. The van der Waals surface area contributed by atoms with E-state index in [0.717, 1.165) is 24.1 Å². The van der Waals surface area contributed by atoms with Crippen molar-refractivity contribution >= 4 is 11.9 Å². The number of amides is 1. The second kappa shape index (κ2) is 11.2. The number of benzene rings is 2. The first-order chi connectivity index (χ1) is 14.2. The van der Waals surface area contributed by atoms with E-state index in [1.54, 1.807) is 4.90 Å². The zero-order valence-electron chi connectivity index (χ0n) is 16.4. The molecule has 1 N–H and O–H groups in total. The molecule has 2 rings (SSSR count). The average Bonchev–Trinajstić information content (AvgIpc) is 2.69. The first-order valence-corrected chi connectivity index (χ1v) is 9.65. The number of nitrogens with zero attached hydrogens (tertiary/aromatic N) is 1. The maximum Gasteiger partial charge on any atom is 0.573 e. The van der Waals surface area contributed by atoms with Crippen LogP contribution in [0.1, 0.15) is 41.6 Å². The Hall–Kier alpha value is -3.03. The van der Waals surface area contributed by atoms with E-state index in [9.17, 15) is 22.8 Å². The molecule has 0 unspecified atom stereocenters. The number of aliphatic carboxylic acids is 1. The summed E-state index contributed by atoms with van der Waals surface area (Å²) < 4.78 is 41.3. The number of hydrogen-bond donors (Lipinski definition) is 1. The minimum atomic E-state index is -4.84. The first kappa shape index (κ1) is 23.3. The summed E-state index contributed by atoms with van der Waals surface area (Å²) in [5.74, 6) is -1.77. The number of halogens is 3. The number of rotatable bonds is 11. The minimum absolute atomic E-state index is 0.000946. The van der Waals surface area contributed by atoms with Gasteiger partial charge in [-0.05, 0) is 49.4 Å². The first-order valence-electron chi connectivity index (χ1n) is 9.65. The lowest BCUT2D eigenvalue weighted by atomic mass is 10.1. The highest BCUT2D eigenvalue weighted by molar-refractivity contribution is 5.94. The summed E-state index contributed by atoms with van der Waals surface area (Å²) in [6.07, 6.45) is -2.52. The van der Waals surface area contributed by atoms with Gasteiger partial charge in [0.25, 0.3) is 5.91 Å². The van der Waals surface area contributed by atoms with E-state index in [4.69, 9.17) is 5.11 Å². The molecule has 0 bridgehead atoms. The number of carbonyl (C=O) groups excluding carboxylic acids is 1. The third-order valence-corrected chi connectivity index (χ3v) is 4.41. The van der Waals surface area contributed by atoms with Crippen LogP contribution < -0.4 is 4.74 Å². The highest BCUT2D eigenvalue weighted by atomic mass is 19.4. The lowest BCUT2D eigenvalue weighted by molar-refractivity contribution is -0.274. The van der Waals surface area contributed by atoms with Gasteiger partial charge in [-0.2, -0.15) is 0 Å². The quantitative estimate of drug-likeness (QED) is 0.521. The number of hydrogen-bond acceptors (Lipinski definition) is 3. The smallest absolute Gasteiger partial charge is 0.481 e. The van der Waals surface area contributed by atoms with Crippen molar-refractivity contribution in [3.05, 3.63) is 65.7 Å². The van der Waals surface area contributed by atoms with Gasteiger partial charge in [0.2, 0.25) is 0 Å². The number of carboxylic acid groups (broad SMARTS) is 1. The lowest BCUT2D eigenvalue weighted by Crippen LogP contribution is -2.33. The van der Waals surface area contributed by atoms with Crippen molar-refractivity contribution in [2.24, 2.45) is 0 Å². The second-order valence-electron chi connectivity index (χ2n) is 6.81. The molecule has 0 radical (unpaired) electrons. The monoisotopic (exact) mass is 423 g/mol. The fourth-order valence-electron chi connectivity index (χ4n) is 3.02. The summed E-state index contributed by atoms with van der Waals surface area (Å²) in [5, 5.41) is 8.77. The molecule has 0 aliphatic heterocycles. The van der Waals surface area contributed by atoms with Crippen LogP contribution in [-0.2, 0) is 11.2 Å². The van der Waals surface area contributed by atoms with E-state index in [1.165, 1.54) is 12.1 Å². The Kier molecular flexibility index (Phi) is 8.70. The molecule has 0 aromatic heterocycles. The Morgan fingerprint density at radius 3 is 2.30 bits per heavy atom. The zero-order chi connectivity index (χ0) is 22.0. The molecular weight excluding hydrogens is 399 g/mol. The second-order valence-corrected chi connectivity index (χ2v) is 6.81. The Balaban J connectivity index is 2.04. The number of alkyl halides is 3. The molecule has 8 heteroatoms. The van der Waals surface area contributed by atoms with E-state index in [1.807, 2.05) is 30.3 Å². The third-order valence-electron chi connectivity index (χ3n) is 4.41. The van der Waals surface area contributed by atoms with E-state index in [2.05, 4.69) is 4.74 Å². The summed E-state index contributed by atoms with van der Waals surface area (Å²) in [6, 6.07) is 14.7. The average molecular weight is 423 g/mol. The van der Waals surface area contributed by atoms with E-state index >= 15 is 0 Å². The Morgan fingerprint density at radius 1 is 0.933 bits per heavy atom. The Bertz CT molecular complexity index is 825. The molecule has 2 aromatic carbocycles. The minimum Gasteiger partial charge on any atom is -0.481 e. The van der Waals surface area contributed by atoms with Crippen LogP contribution in [0.15, 0.2) is 54.6 Å². The van der Waals surface area contributed by atoms with Crippen LogP contribution in [0, 0.1) is 0 Å². The summed E-state index contributed by atoms with van der Waals surface area (Å²) in [5.41, 5.74) is 1.21. The number of carbonyl (C=O) groups is 2. The van der Waals surface area contributed by atoms with Gasteiger partial charge in [0, 0.05) is 25.1 Å². The summed E-state index contributed by atoms with van der Waals surface area (Å²) in [7, 11) is 0. The van der Waals surface area contributed by atoms with Crippen LogP contribution in [0.5, 0.6) is 5.75 Å².